The minimum atomic E-state index is -3.46. The Morgan fingerprint density at radius 3 is 0.933 bits per heavy atom. The molecule has 0 N–H and O–H groups in total. The first-order chi connectivity index (χ1) is 44.3. The molecule has 0 saturated heterocycles. The van der Waals surface area contributed by atoms with Crippen molar-refractivity contribution in [3.63, 3.8) is 0 Å². The van der Waals surface area contributed by atoms with Gasteiger partial charge < -0.3 is 18.6 Å². The van der Waals surface area contributed by atoms with E-state index in [4.69, 9.17) is 29.4 Å². The van der Waals surface area contributed by atoms with Gasteiger partial charge in [-0.2, -0.15) is 0 Å². The quantitative estimate of drug-likeness (QED) is 0.118. The number of benzene rings is 12. The van der Waals surface area contributed by atoms with E-state index in [2.05, 4.69) is 72.8 Å². The SMILES string of the molecule is O=P1(c2ccccc2)c2ccccc2Oc2cc(-c3cccc(-c4nc(-c5ccccc5)cc(-c5cccc(-c6ccc7c(c6)Oc6cc(-c8cccc(-c9cc(-c%10ccccc%10)nc(-c%10ccccc%10)n9)c8)ccc6P7(=O)c6ccccc6)c5)n4)c3)ccc21. The highest BCUT2D eigenvalue weighted by Gasteiger charge is 2.41. The second kappa shape index (κ2) is 22.5. The first-order valence-electron chi connectivity index (χ1n) is 29.8. The molecule has 0 saturated carbocycles. The van der Waals surface area contributed by atoms with E-state index in [1.807, 2.05) is 243 Å². The standard InChI is InChI=1S/C80H52N4O4P2/c85-89(65-33-12-4-13-34-65)75-38-17-16-37-71(75)87-72-48-61(41-42-76(72)89)58-29-20-32-64(47-58)80-82-68(54-23-8-2-9-24-54)52-70(84-80)63-31-19-28-57(46-63)60-40-44-78-74(50-60)88-73-49-59(39-43-77(73)90(78,86)66-35-14-5-15-36-66)56-27-18-30-62(45-56)69-51-67(53-21-6-1-7-22-53)81-79(83-69)55-25-10-3-11-26-55/h1-52H. The molecule has 0 radical (unpaired) electrons. The third kappa shape index (κ3) is 9.76. The van der Waals surface area contributed by atoms with E-state index >= 15 is 9.13 Å². The Balaban J connectivity index is 0.745. The van der Waals surface area contributed by atoms with Gasteiger partial charge in [0, 0.05) is 44.0 Å². The second-order valence-electron chi connectivity index (χ2n) is 22.4. The molecule has 16 rings (SSSR count). The van der Waals surface area contributed by atoms with Crippen LogP contribution in [0.2, 0.25) is 0 Å². The van der Waals surface area contributed by atoms with Crippen LogP contribution in [0.4, 0.5) is 0 Å². The summed E-state index contributed by atoms with van der Waals surface area (Å²) in [7, 11) is -6.70. The minimum Gasteiger partial charge on any atom is -0.456 e. The number of hydrogen-bond donors (Lipinski definition) is 0. The van der Waals surface area contributed by atoms with E-state index in [0.717, 1.165) is 100 Å². The van der Waals surface area contributed by atoms with E-state index < -0.39 is 14.3 Å². The molecule has 2 aromatic heterocycles. The molecule has 0 bridgehead atoms. The molecule has 10 heteroatoms. The second-order valence-corrected chi connectivity index (χ2v) is 27.8. The smallest absolute Gasteiger partial charge is 0.178 e. The van der Waals surface area contributed by atoms with Crippen molar-refractivity contribution in [3.05, 3.63) is 315 Å². The molecule has 0 fully saturated rings. The number of nitrogens with zero attached hydrogens (tertiary/aromatic N) is 4. The van der Waals surface area contributed by atoms with E-state index in [1.54, 1.807) is 0 Å². The van der Waals surface area contributed by atoms with Gasteiger partial charge in [0.15, 0.2) is 25.9 Å². The molecule has 8 nitrogen and oxygen atoms in total. The number of ether oxygens (including phenoxy) is 2. The third-order valence-electron chi connectivity index (χ3n) is 16.8. The van der Waals surface area contributed by atoms with Crippen molar-refractivity contribution in [2.75, 3.05) is 0 Å². The highest BCUT2D eigenvalue weighted by Crippen LogP contribution is 2.54. The molecular formula is C80H52N4O4P2. The Bertz CT molecular complexity index is 5150. The van der Waals surface area contributed by atoms with Gasteiger partial charge in [-0.1, -0.05) is 237 Å². The Labute approximate surface area is 521 Å². The molecule has 2 aliphatic heterocycles. The maximum atomic E-state index is 16.2. The molecule has 14 aromatic rings. The monoisotopic (exact) mass is 1190 g/mol. The lowest BCUT2D eigenvalue weighted by Crippen LogP contribution is -2.30. The van der Waals surface area contributed by atoms with Crippen molar-refractivity contribution >= 4 is 46.1 Å². The third-order valence-corrected chi connectivity index (χ3v) is 23.1. The lowest BCUT2D eigenvalue weighted by molar-refractivity contribution is 0.485. The van der Waals surface area contributed by atoms with Crippen LogP contribution in [0.25, 0.3) is 101 Å². The Kier molecular flexibility index (Phi) is 13.6. The van der Waals surface area contributed by atoms with Gasteiger partial charge in [0.05, 0.1) is 44.0 Å². The highest BCUT2D eigenvalue weighted by molar-refractivity contribution is 7.86. The summed E-state index contributed by atoms with van der Waals surface area (Å²) in [5.74, 6) is 3.43. The van der Waals surface area contributed by atoms with Crippen LogP contribution in [0, 0.1) is 0 Å². The summed E-state index contributed by atoms with van der Waals surface area (Å²) >= 11 is 0. The first kappa shape index (κ1) is 54.3. The van der Waals surface area contributed by atoms with Crippen molar-refractivity contribution < 1.29 is 18.6 Å². The van der Waals surface area contributed by atoms with Crippen LogP contribution in [0.3, 0.4) is 0 Å². The molecule has 2 unspecified atom stereocenters. The van der Waals surface area contributed by atoms with Crippen LogP contribution >= 0.6 is 14.3 Å². The van der Waals surface area contributed by atoms with Gasteiger partial charge in [-0.05, 0) is 112 Å². The van der Waals surface area contributed by atoms with Gasteiger partial charge in [0.2, 0.25) is 0 Å². The van der Waals surface area contributed by atoms with Crippen LogP contribution in [0.15, 0.2) is 315 Å². The van der Waals surface area contributed by atoms with Gasteiger partial charge >= 0.3 is 0 Å². The molecule has 2 aliphatic rings. The highest BCUT2D eigenvalue weighted by atomic mass is 31.2. The predicted molar refractivity (Wildman–Crippen MR) is 365 cm³/mol. The fourth-order valence-electron chi connectivity index (χ4n) is 12.3. The summed E-state index contributed by atoms with van der Waals surface area (Å²) < 4.78 is 45.1. The van der Waals surface area contributed by atoms with Crippen LogP contribution in [-0.2, 0) is 9.13 Å². The summed E-state index contributed by atoms with van der Waals surface area (Å²) in [5.41, 5.74) is 14.2. The van der Waals surface area contributed by atoms with Gasteiger partial charge in [-0.15, -0.1) is 0 Å². The Hall–Kier alpha value is -11.1. The number of hydrogen-bond acceptors (Lipinski definition) is 8. The molecule has 4 heterocycles. The lowest BCUT2D eigenvalue weighted by atomic mass is 9.99. The molecule has 90 heavy (non-hydrogen) atoms. The number of fused-ring (bicyclic) bond motifs is 4. The first-order valence-corrected chi connectivity index (χ1v) is 33.2. The van der Waals surface area contributed by atoms with Crippen LogP contribution in [0.1, 0.15) is 0 Å². The topological polar surface area (TPSA) is 104 Å². The Morgan fingerprint density at radius 2 is 0.500 bits per heavy atom. The zero-order valence-corrected chi connectivity index (χ0v) is 50.1. The number of aromatic nitrogens is 4. The van der Waals surface area contributed by atoms with Gasteiger partial charge in [0.25, 0.3) is 0 Å². The summed E-state index contributed by atoms with van der Waals surface area (Å²) in [6.07, 6.45) is 0. The fourth-order valence-corrected chi connectivity index (χ4v) is 18.0. The molecular weight excluding hydrogens is 1140 g/mol. The fraction of sp³-hybridized carbons (Fsp3) is 0. The summed E-state index contributed by atoms with van der Waals surface area (Å²) in [6.45, 7) is 0. The van der Waals surface area contributed by atoms with Crippen molar-refractivity contribution in [3.8, 4) is 124 Å². The molecule has 0 aliphatic carbocycles. The van der Waals surface area contributed by atoms with Crippen molar-refractivity contribution in [1.82, 2.24) is 19.9 Å². The molecule has 426 valence electrons. The lowest BCUT2D eigenvalue weighted by Gasteiger charge is -2.30. The van der Waals surface area contributed by atoms with Gasteiger partial charge in [-0.25, -0.2) is 19.9 Å². The summed E-state index contributed by atoms with van der Waals surface area (Å²) in [5, 5.41) is 4.13. The predicted octanol–water partition coefficient (Wildman–Crippen LogP) is 17.8. The van der Waals surface area contributed by atoms with E-state index in [9.17, 15) is 0 Å². The Morgan fingerprint density at radius 1 is 0.211 bits per heavy atom. The zero-order valence-electron chi connectivity index (χ0n) is 48.3. The average Bonchev–Trinajstić information content (AvgIpc) is 0.823. The molecule has 2 atom stereocenters. The zero-order chi connectivity index (χ0) is 60.2. The van der Waals surface area contributed by atoms with Crippen molar-refractivity contribution in [2.24, 2.45) is 0 Å². The van der Waals surface area contributed by atoms with Crippen LogP contribution in [0.5, 0.6) is 23.0 Å². The summed E-state index contributed by atoms with van der Waals surface area (Å²) in [4.78, 5) is 20.7. The van der Waals surface area contributed by atoms with E-state index in [-0.39, 0.29) is 0 Å². The molecule has 12 aromatic carbocycles. The summed E-state index contributed by atoms with van der Waals surface area (Å²) in [6, 6.07) is 104. The van der Waals surface area contributed by atoms with Crippen molar-refractivity contribution in [1.29, 1.82) is 0 Å². The van der Waals surface area contributed by atoms with Gasteiger partial charge in [-0.3, -0.25) is 0 Å². The normalized spacial score (nSPS) is 15.2. The van der Waals surface area contributed by atoms with E-state index in [0.29, 0.717) is 55.9 Å². The van der Waals surface area contributed by atoms with Crippen LogP contribution in [-0.4, -0.2) is 19.9 Å². The van der Waals surface area contributed by atoms with Crippen molar-refractivity contribution in [2.45, 2.75) is 0 Å². The van der Waals surface area contributed by atoms with E-state index in [1.165, 1.54) is 0 Å². The minimum absolute atomic E-state index is 0.530. The maximum absolute atomic E-state index is 16.2. The molecule has 0 amide bonds. The number of para-hydroxylation sites is 1. The number of rotatable bonds is 11. The van der Waals surface area contributed by atoms with Crippen LogP contribution < -0.4 is 41.3 Å². The maximum Gasteiger partial charge on any atom is 0.178 e. The molecule has 0 spiro atoms. The average molecular weight is 1200 g/mol. The largest absolute Gasteiger partial charge is 0.456 e. The van der Waals surface area contributed by atoms with Gasteiger partial charge in [0.1, 0.15) is 23.0 Å².